The predicted molar refractivity (Wildman–Crippen MR) is 107 cm³/mol. The molecule has 2 N–H and O–H groups in total. The van der Waals surface area contributed by atoms with Crippen LogP contribution in [0.25, 0.3) is 0 Å². The molecule has 1 aliphatic rings. The lowest BCUT2D eigenvalue weighted by Gasteiger charge is -2.34. The van der Waals surface area contributed by atoms with Gasteiger partial charge in [-0.2, -0.15) is 0 Å². The largest absolute Gasteiger partial charge is 0.385 e. The number of guanidine groups is 1. The molecule has 0 bridgehead atoms. The maximum Gasteiger partial charge on any atom is 0.251 e. The fourth-order valence-corrected chi connectivity index (χ4v) is 3.06. The Labute approximate surface area is 162 Å². The molecule has 1 amide bonds. The first kappa shape index (κ1) is 21.2. The van der Waals surface area contributed by atoms with E-state index in [-0.39, 0.29) is 5.91 Å². The number of carbonyl (C=O) groups excluding carboxylic acids is 1. The Bertz CT molecular complexity index is 572. The van der Waals surface area contributed by atoms with Gasteiger partial charge in [-0.25, -0.2) is 0 Å². The highest BCUT2D eigenvalue weighted by Gasteiger charge is 2.21. The fraction of sp³-hybridized carbons (Fsp3) is 0.600. The lowest BCUT2D eigenvalue weighted by Crippen LogP contribution is -2.48. The second-order valence-electron chi connectivity index (χ2n) is 6.50. The smallest absolute Gasteiger partial charge is 0.251 e. The number of hydrogen-bond donors (Lipinski definition) is 2. The van der Waals surface area contributed by atoms with Crippen LogP contribution >= 0.6 is 0 Å². The van der Waals surface area contributed by atoms with E-state index in [2.05, 4.69) is 20.5 Å². The summed E-state index contributed by atoms with van der Waals surface area (Å²) < 4.78 is 10.9. The number of likely N-dealkylation sites (tertiary alicyclic amines) is 1. The summed E-state index contributed by atoms with van der Waals surface area (Å²) in [6, 6.07) is 9.24. The highest BCUT2D eigenvalue weighted by atomic mass is 16.5. The van der Waals surface area contributed by atoms with Crippen molar-refractivity contribution in [2.24, 2.45) is 4.99 Å². The zero-order valence-corrected chi connectivity index (χ0v) is 16.4. The number of ether oxygens (including phenoxy) is 2. The van der Waals surface area contributed by atoms with Gasteiger partial charge in [-0.15, -0.1) is 0 Å². The van der Waals surface area contributed by atoms with E-state index in [4.69, 9.17) is 9.47 Å². The second-order valence-corrected chi connectivity index (χ2v) is 6.50. The van der Waals surface area contributed by atoms with Gasteiger partial charge in [-0.3, -0.25) is 9.79 Å². The number of methoxy groups -OCH3 is 1. The van der Waals surface area contributed by atoms with Crippen LogP contribution in [0.3, 0.4) is 0 Å². The number of nitrogens with one attached hydrogen (secondary N) is 2. The normalized spacial score (nSPS) is 15.6. The summed E-state index contributed by atoms with van der Waals surface area (Å²) in [4.78, 5) is 18.6. The van der Waals surface area contributed by atoms with E-state index in [0.29, 0.717) is 24.8 Å². The van der Waals surface area contributed by atoms with Gasteiger partial charge in [0, 0.05) is 59.1 Å². The molecule has 0 aromatic heterocycles. The van der Waals surface area contributed by atoms with Gasteiger partial charge in [0.2, 0.25) is 0 Å². The van der Waals surface area contributed by atoms with Crippen molar-refractivity contribution in [3.63, 3.8) is 0 Å². The Morgan fingerprint density at radius 2 is 1.85 bits per heavy atom. The van der Waals surface area contributed by atoms with Crippen LogP contribution in [-0.2, 0) is 9.47 Å². The minimum atomic E-state index is -0.0566. The zero-order chi connectivity index (χ0) is 19.3. The van der Waals surface area contributed by atoms with E-state index >= 15 is 0 Å². The molecule has 150 valence electrons. The summed E-state index contributed by atoms with van der Waals surface area (Å²) >= 11 is 0. The summed E-state index contributed by atoms with van der Waals surface area (Å²) in [6.45, 7) is 4.53. The molecule has 1 aromatic rings. The molecule has 7 heteroatoms. The number of carbonyl (C=O) groups is 1. The molecule has 1 saturated heterocycles. The monoisotopic (exact) mass is 376 g/mol. The van der Waals surface area contributed by atoms with Crippen LogP contribution in [0.1, 0.15) is 29.6 Å². The third-order valence-corrected chi connectivity index (χ3v) is 4.53. The Morgan fingerprint density at radius 3 is 2.52 bits per heavy atom. The van der Waals surface area contributed by atoms with Crippen LogP contribution in [0.2, 0.25) is 0 Å². The Hall–Kier alpha value is -2.12. The molecule has 1 aromatic carbocycles. The van der Waals surface area contributed by atoms with Crippen molar-refractivity contribution in [2.75, 3.05) is 53.6 Å². The highest BCUT2D eigenvalue weighted by Crippen LogP contribution is 2.14. The quantitative estimate of drug-likeness (QED) is 0.388. The molecule has 7 nitrogen and oxygen atoms in total. The van der Waals surface area contributed by atoms with Crippen molar-refractivity contribution in [2.45, 2.75) is 25.4 Å². The number of amides is 1. The van der Waals surface area contributed by atoms with E-state index in [1.54, 1.807) is 14.2 Å². The number of nitrogens with zero attached hydrogens (tertiary/aromatic N) is 2. The fourth-order valence-electron chi connectivity index (χ4n) is 3.06. The van der Waals surface area contributed by atoms with Gasteiger partial charge in [0.25, 0.3) is 5.91 Å². The van der Waals surface area contributed by atoms with Crippen molar-refractivity contribution in [3.8, 4) is 0 Å². The SMILES string of the molecule is CN=C(NCCNC(=O)c1ccccc1)N1CCC(OCCCOC)CC1. The molecular weight excluding hydrogens is 344 g/mol. The molecule has 0 aliphatic carbocycles. The number of aliphatic imine (C=N–C) groups is 1. The van der Waals surface area contributed by atoms with Crippen molar-refractivity contribution < 1.29 is 14.3 Å². The number of hydrogen-bond acceptors (Lipinski definition) is 4. The maximum atomic E-state index is 12.0. The van der Waals surface area contributed by atoms with Gasteiger partial charge in [-0.05, 0) is 31.4 Å². The predicted octanol–water partition coefficient (Wildman–Crippen LogP) is 1.51. The summed E-state index contributed by atoms with van der Waals surface area (Å²) in [5.41, 5.74) is 0.675. The van der Waals surface area contributed by atoms with E-state index < -0.39 is 0 Å². The molecule has 1 fully saturated rings. The van der Waals surface area contributed by atoms with Crippen molar-refractivity contribution in [3.05, 3.63) is 35.9 Å². The average Bonchev–Trinajstić information content (AvgIpc) is 2.72. The molecular formula is C20H32N4O3. The standard InChI is InChI=1S/C20H32N4O3/c1-21-20(23-12-11-22-19(25)17-7-4-3-5-8-17)24-13-9-18(10-14-24)27-16-6-15-26-2/h3-5,7-8,18H,6,9-16H2,1-2H3,(H,21,23)(H,22,25). The van der Waals surface area contributed by atoms with Gasteiger partial charge in [0.1, 0.15) is 0 Å². The van der Waals surface area contributed by atoms with Gasteiger partial charge >= 0.3 is 0 Å². The van der Waals surface area contributed by atoms with Gasteiger partial charge in [0.15, 0.2) is 5.96 Å². The van der Waals surface area contributed by atoms with Crippen LogP contribution in [0.4, 0.5) is 0 Å². The maximum absolute atomic E-state index is 12.0. The molecule has 0 unspecified atom stereocenters. The molecule has 1 heterocycles. The van der Waals surface area contributed by atoms with Gasteiger partial charge in [0.05, 0.1) is 6.10 Å². The minimum absolute atomic E-state index is 0.0566. The van der Waals surface area contributed by atoms with E-state index in [1.807, 2.05) is 30.3 Å². The first-order valence-electron chi connectivity index (χ1n) is 9.64. The lowest BCUT2D eigenvalue weighted by atomic mass is 10.1. The van der Waals surface area contributed by atoms with Crippen LogP contribution in [0, 0.1) is 0 Å². The van der Waals surface area contributed by atoms with Crippen molar-refractivity contribution in [1.29, 1.82) is 0 Å². The lowest BCUT2D eigenvalue weighted by molar-refractivity contribution is 0.00991. The number of piperidine rings is 1. The van der Waals surface area contributed by atoms with E-state index in [0.717, 1.165) is 51.5 Å². The minimum Gasteiger partial charge on any atom is -0.385 e. The van der Waals surface area contributed by atoms with E-state index in [1.165, 1.54) is 0 Å². The summed E-state index contributed by atoms with van der Waals surface area (Å²) in [5.74, 6) is 0.820. The Morgan fingerprint density at radius 1 is 1.15 bits per heavy atom. The summed E-state index contributed by atoms with van der Waals surface area (Å²) in [5, 5.41) is 6.24. The second kappa shape index (κ2) is 12.3. The first-order valence-corrected chi connectivity index (χ1v) is 9.64. The third-order valence-electron chi connectivity index (χ3n) is 4.53. The van der Waals surface area contributed by atoms with Gasteiger partial charge < -0.3 is 25.0 Å². The summed E-state index contributed by atoms with van der Waals surface area (Å²) in [6.07, 6.45) is 3.26. The molecule has 0 radical (unpaired) electrons. The van der Waals surface area contributed by atoms with E-state index in [9.17, 15) is 4.79 Å². The van der Waals surface area contributed by atoms with Crippen LogP contribution < -0.4 is 10.6 Å². The average molecular weight is 377 g/mol. The zero-order valence-electron chi connectivity index (χ0n) is 16.4. The van der Waals surface area contributed by atoms with Gasteiger partial charge in [-0.1, -0.05) is 18.2 Å². The van der Waals surface area contributed by atoms with Crippen LogP contribution in [0.15, 0.2) is 35.3 Å². The van der Waals surface area contributed by atoms with Crippen molar-refractivity contribution in [1.82, 2.24) is 15.5 Å². The number of benzene rings is 1. The first-order chi connectivity index (χ1) is 13.2. The molecule has 0 atom stereocenters. The molecule has 27 heavy (non-hydrogen) atoms. The molecule has 1 aliphatic heterocycles. The Kier molecular flexibility index (Phi) is 9.65. The summed E-state index contributed by atoms with van der Waals surface area (Å²) in [7, 11) is 3.50. The van der Waals surface area contributed by atoms with Crippen LogP contribution in [0.5, 0.6) is 0 Å². The van der Waals surface area contributed by atoms with Crippen LogP contribution in [-0.4, -0.2) is 76.4 Å². The Balaban J connectivity index is 1.62. The van der Waals surface area contributed by atoms with Crippen molar-refractivity contribution >= 4 is 11.9 Å². The third kappa shape index (κ3) is 7.56. The highest BCUT2D eigenvalue weighted by molar-refractivity contribution is 5.94. The molecule has 2 rings (SSSR count). The molecule has 0 saturated carbocycles. The topological polar surface area (TPSA) is 75.2 Å². The molecule has 0 spiro atoms. The number of rotatable bonds is 9.